The lowest BCUT2D eigenvalue weighted by atomic mass is 10.1. The number of hydrogen-bond donors (Lipinski definition) is 1. The van der Waals surface area contributed by atoms with Gasteiger partial charge in [0.2, 0.25) is 5.91 Å². The molecule has 1 saturated heterocycles. The highest BCUT2D eigenvalue weighted by molar-refractivity contribution is 7.91. The largest absolute Gasteiger partial charge is 0.323 e. The summed E-state index contributed by atoms with van der Waals surface area (Å²) in [6.45, 7) is 0. The molecule has 0 bridgehead atoms. The molecule has 1 unspecified atom stereocenters. The summed E-state index contributed by atoms with van der Waals surface area (Å²) in [5, 5.41) is 2.27. The van der Waals surface area contributed by atoms with E-state index in [0.29, 0.717) is 6.07 Å². The second-order valence-corrected chi connectivity index (χ2v) is 6.44. The van der Waals surface area contributed by atoms with Crippen LogP contribution in [0.2, 0.25) is 0 Å². The highest BCUT2D eigenvalue weighted by Crippen LogP contribution is 2.21. The molecule has 1 N–H and O–H groups in total. The Morgan fingerprint density at radius 3 is 2.61 bits per heavy atom. The van der Waals surface area contributed by atoms with Crippen molar-refractivity contribution in [1.29, 1.82) is 0 Å². The van der Waals surface area contributed by atoms with E-state index >= 15 is 0 Å². The van der Waals surface area contributed by atoms with Crippen molar-refractivity contribution in [3.63, 3.8) is 0 Å². The van der Waals surface area contributed by atoms with Crippen LogP contribution in [0.4, 0.5) is 14.5 Å². The molecule has 1 aliphatic heterocycles. The number of benzene rings is 1. The lowest BCUT2D eigenvalue weighted by Gasteiger charge is -2.10. The molecule has 7 heteroatoms. The first kappa shape index (κ1) is 12.9. The van der Waals surface area contributed by atoms with Crippen LogP contribution >= 0.6 is 0 Å². The molecule has 1 aliphatic rings. The molecule has 0 aliphatic carbocycles. The van der Waals surface area contributed by atoms with E-state index in [0.717, 1.165) is 12.1 Å². The molecule has 0 saturated carbocycles. The van der Waals surface area contributed by atoms with Gasteiger partial charge in [-0.1, -0.05) is 0 Å². The normalized spacial score (nSPS) is 21.8. The Morgan fingerprint density at radius 1 is 1.33 bits per heavy atom. The van der Waals surface area contributed by atoms with Gasteiger partial charge in [-0.2, -0.15) is 0 Å². The minimum Gasteiger partial charge on any atom is -0.323 e. The number of anilines is 1. The Hall–Kier alpha value is -1.50. The maximum absolute atomic E-state index is 13.3. The molecule has 1 aromatic rings. The number of hydrogen-bond acceptors (Lipinski definition) is 3. The molecule has 1 heterocycles. The van der Waals surface area contributed by atoms with Gasteiger partial charge < -0.3 is 5.32 Å². The number of amides is 1. The molecule has 4 nitrogen and oxygen atoms in total. The Labute approximate surface area is 103 Å². The minimum atomic E-state index is -3.16. The van der Waals surface area contributed by atoms with Gasteiger partial charge in [-0.3, -0.25) is 4.79 Å². The summed E-state index contributed by atoms with van der Waals surface area (Å²) < 4.78 is 48.3. The van der Waals surface area contributed by atoms with Crippen molar-refractivity contribution >= 4 is 21.4 Å². The SMILES string of the molecule is O=C(Nc1ccc(F)cc1F)C1CCS(=O)(=O)C1. The first-order chi connectivity index (χ1) is 8.37. The molecule has 0 aromatic heterocycles. The number of sulfone groups is 1. The minimum absolute atomic E-state index is 0.0308. The molecule has 18 heavy (non-hydrogen) atoms. The molecular formula is C11H11F2NO3S. The fourth-order valence-electron chi connectivity index (χ4n) is 1.83. The van der Waals surface area contributed by atoms with E-state index in [4.69, 9.17) is 0 Å². The Kier molecular flexibility index (Phi) is 3.34. The first-order valence-electron chi connectivity index (χ1n) is 5.34. The molecule has 0 radical (unpaired) electrons. The molecule has 1 atom stereocenters. The summed E-state index contributed by atoms with van der Waals surface area (Å²) >= 11 is 0. The number of rotatable bonds is 2. The summed E-state index contributed by atoms with van der Waals surface area (Å²) in [5.74, 6) is -3.10. The fraction of sp³-hybridized carbons (Fsp3) is 0.364. The molecule has 1 fully saturated rings. The molecule has 0 spiro atoms. The standard InChI is InChI=1S/C11H11F2NO3S/c12-8-1-2-10(9(13)5-8)14-11(15)7-3-4-18(16,17)6-7/h1-2,5,7H,3-4,6H2,(H,14,15). The van der Waals surface area contributed by atoms with Crippen molar-refractivity contribution in [1.82, 2.24) is 0 Å². The lowest BCUT2D eigenvalue weighted by Crippen LogP contribution is -2.24. The fourth-order valence-corrected chi connectivity index (χ4v) is 3.57. The Bertz CT molecular complexity index is 586. The summed E-state index contributed by atoms with van der Waals surface area (Å²) in [6.07, 6.45) is 0.233. The zero-order valence-corrected chi connectivity index (χ0v) is 10.1. The summed E-state index contributed by atoms with van der Waals surface area (Å²) in [4.78, 5) is 11.7. The van der Waals surface area contributed by atoms with Gasteiger partial charge >= 0.3 is 0 Å². The zero-order chi connectivity index (χ0) is 13.3. The van der Waals surface area contributed by atoms with Crippen LogP contribution in [0.5, 0.6) is 0 Å². The molecule has 2 rings (SSSR count). The predicted octanol–water partition coefficient (Wildman–Crippen LogP) is 1.34. The van der Waals surface area contributed by atoms with Crippen LogP contribution in [0.3, 0.4) is 0 Å². The molecule has 1 aromatic carbocycles. The van der Waals surface area contributed by atoms with Crippen molar-refractivity contribution in [3.05, 3.63) is 29.8 Å². The highest BCUT2D eigenvalue weighted by Gasteiger charge is 2.33. The van der Waals surface area contributed by atoms with Gasteiger partial charge in [0.25, 0.3) is 0 Å². The van der Waals surface area contributed by atoms with E-state index < -0.39 is 33.3 Å². The van der Waals surface area contributed by atoms with E-state index in [-0.39, 0.29) is 23.6 Å². The monoisotopic (exact) mass is 275 g/mol. The van der Waals surface area contributed by atoms with Crippen LogP contribution in [0, 0.1) is 17.6 Å². The third-order valence-electron chi connectivity index (χ3n) is 2.79. The molecule has 1 amide bonds. The summed E-state index contributed by atoms with van der Waals surface area (Å²) in [7, 11) is -3.16. The second-order valence-electron chi connectivity index (χ2n) is 4.21. The van der Waals surface area contributed by atoms with Crippen molar-refractivity contribution in [2.45, 2.75) is 6.42 Å². The summed E-state index contributed by atoms with van der Waals surface area (Å²) in [6, 6.07) is 2.77. The van der Waals surface area contributed by atoms with Gasteiger partial charge in [-0.05, 0) is 18.6 Å². The average Bonchev–Trinajstić information content (AvgIpc) is 2.63. The van der Waals surface area contributed by atoms with Gasteiger partial charge in [0.05, 0.1) is 23.1 Å². The van der Waals surface area contributed by atoms with Crippen LogP contribution in [0.25, 0.3) is 0 Å². The highest BCUT2D eigenvalue weighted by atomic mass is 32.2. The van der Waals surface area contributed by atoms with Crippen LogP contribution in [-0.2, 0) is 14.6 Å². The van der Waals surface area contributed by atoms with E-state index in [1.807, 2.05) is 0 Å². The maximum Gasteiger partial charge on any atom is 0.228 e. The van der Waals surface area contributed by atoms with Crippen molar-refractivity contribution in [2.24, 2.45) is 5.92 Å². The predicted molar refractivity (Wildman–Crippen MR) is 61.7 cm³/mol. The van der Waals surface area contributed by atoms with Gasteiger partial charge in [0.15, 0.2) is 9.84 Å². The van der Waals surface area contributed by atoms with Crippen molar-refractivity contribution in [3.8, 4) is 0 Å². The van der Waals surface area contributed by atoms with E-state index in [9.17, 15) is 22.0 Å². The molecule has 98 valence electrons. The van der Waals surface area contributed by atoms with Crippen LogP contribution in [0.15, 0.2) is 18.2 Å². The maximum atomic E-state index is 13.3. The van der Waals surface area contributed by atoms with E-state index in [1.54, 1.807) is 0 Å². The lowest BCUT2D eigenvalue weighted by molar-refractivity contribution is -0.119. The quantitative estimate of drug-likeness (QED) is 0.886. The number of nitrogens with one attached hydrogen (secondary N) is 1. The molecular weight excluding hydrogens is 264 g/mol. The van der Waals surface area contributed by atoms with E-state index in [2.05, 4.69) is 5.32 Å². The summed E-state index contributed by atoms with van der Waals surface area (Å²) in [5.41, 5.74) is -0.148. The van der Waals surface area contributed by atoms with Gasteiger partial charge in [-0.25, -0.2) is 17.2 Å². The van der Waals surface area contributed by atoms with E-state index in [1.165, 1.54) is 0 Å². The topological polar surface area (TPSA) is 63.2 Å². The van der Waals surface area contributed by atoms with Crippen molar-refractivity contribution < 1.29 is 22.0 Å². The van der Waals surface area contributed by atoms with Crippen LogP contribution < -0.4 is 5.32 Å². The van der Waals surface area contributed by atoms with Crippen LogP contribution in [-0.4, -0.2) is 25.8 Å². The third-order valence-corrected chi connectivity index (χ3v) is 4.56. The Balaban J connectivity index is 2.08. The number of carbonyl (C=O) groups is 1. The Morgan fingerprint density at radius 2 is 2.06 bits per heavy atom. The number of halogens is 2. The van der Waals surface area contributed by atoms with Gasteiger partial charge in [0.1, 0.15) is 11.6 Å². The zero-order valence-electron chi connectivity index (χ0n) is 9.32. The van der Waals surface area contributed by atoms with Gasteiger partial charge in [-0.15, -0.1) is 0 Å². The third kappa shape index (κ3) is 2.84. The van der Waals surface area contributed by atoms with Crippen LogP contribution in [0.1, 0.15) is 6.42 Å². The van der Waals surface area contributed by atoms with Gasteiger partial charge in [0, 0.05) is 6.07 Å². The van der Waals surface area contributed by atoms with Crippen molar-refractivity contribution in [2.75, 3.05) is 16.8 Å². The second kappa shape index (κ2) is 4.64. The average molecular weight is 275 g/mol. The smallest absolute Gasteiger partial charge is 0.228 e. The first-order valence-corrected chi connectivity index (χ1v) is 7.16. The number of carbonyl (C=O) groups excluding carboxylic acids is 1.